The molecule has 1 saturated carbocycles. The third kappa shape index (κ3) is 2.36. The first-order valence-corrected chi connectivity index (χ1v) is 7.66. The zero-order chi connectivity index (χ0) is 14.4. The first-order valence-electron chi connectivity index (χ1n) is 5.84. The molecule has 0 spiro atoms. The van der Waals surface area contributed by atoms with Gasteiger partial charge in [-0.1, -0.05) is 11.6 Å². The van der Waals surface area contributed by atoms with E-state index in [0.29, 0.717) is 0 Å². The smallest absolute Gasteiger partial charge is 0.265 e. The van der Waals surface area contributed by atoms with Crippen LogP contribution in [0.2, 0.25) is 5.15 Å². The van der Waals surface area contributed by atoms with Crippen LogP contribution >= 0.6 is 11.6 Å². The van der Waals surface area contributed by atoms with Crippen molar-refractivity contribution in [3.63, 3.8) is 0 Å². The number of hydrogen-bond donors (Lipinski definition) is 0. The number of halogens is 1. The number of imidazole rings is 1. The highest BCUT2D eigenvalue weighted by Gasteiger charge is 2.48. The van der Waals surface area contributed by atoms with Gasteiger partial charge in [0.25, 0.3) is 10.0 Å². The lowest BCUT2D eigenvalue weighted by molar-refractivity contribution is 0.280. The molecule has 0 N–H and O–H groups in total. The molecule has 0 amide bonds. The Morgan fingerprint density at radius 3 is 2.53 bits per heavy atom. The normalized spacial score (nSPS) is 16.6. The number of nitrogens with zero attached hydrogens (tertiary/aromatic N) is 4. The van der Waals surface area contributed by atoms with Crippen LogP contribution in [0.5, 0.6) is 0 Å². The van der Waals surface area contributed by atoms with Crippen LogP contribution in [0.15, 0.2) is 11.4 Å². The Labute approximate surface area is 117 Å². The molecule has 0 radical (unpaired) electrons. The van der Waals surface area contributed by atoms with Crippen molar-refractivity contribution in [2.75, 3.05) is 0 Å². The maximum atomic E-state index is 12.7. The molecule has 1 aliphatic rings. The van der Waals surface area contributed by atoms with Gasteiger partial charge in [-0.25, -0.2) is 13.4 Å². The first kappa shape index (κ1) is 14.3. The van der Waals surface area contributed by atoms with Crippen LogP contribution < -0.4 is 0 Å². The molecule has 1 heterocycles. The van der Waals surface area contributed by atoms with Gasteiger partial charge in [0, 0.05) is 13.1 Å². The quantitative estimate of drug-likeness (QED) is 0.845. The summed E-state index contributed by atoms with van der Waals surface area (Å²) in [4.78, 5) is 3.86. The molecule has 104 valence electrons. The highest BCUT2D eigenvalue weighted by Crippen LogP contribution is 2.38. The number of hydrogen-bond acceptors (Lipinski definition) is 4. The van der Waals surface area contributed by atoms with Crippen molar-refractivity contribution >= 4 is 21.6 Å². The summed E-state index contributed by atoms with van der Waals surface area (Å²) in [6, 6.07) is 1.89. The molecule has 0 aliphatic heterocycles. The first-order chi connectivity index (χ1) is 8.71. The monoisotopic (exact) mass is 302 g/mol. The second kappa shape index (κ2) is 4.47. The van der Waals surface area contributed by atoms with Crippen molar-refractivity contribution in [3.05, 3.63) is 11.5 Å². The largest absolute Gasteiger partial charge is 0.324 e. The van der Waals surface area contributed by atoms with E-state index in [-0.39, 0.29) is 16.2 Å². The second-order valence-corrected chi connectivity index (χ2v) is 7.24. The molecular formula is C11H15ClN4O2S. The maximum Gasteiger partial charge on any atom is 0.265 e. The fourth-order valence-corrected chi connectivity index (χ4v) is 4.32. The molecular weight excluding hydrogens is 288 g/mol. The highest BCUT2D eigenvalue weighted by molar-refractivity contribution is 7.89. The van der Waals surface area contributed by atoms with Crippen molar-refractivity contribution in [3.8, 4) is 6.07 Å². The average Bonchev–Trinajstić information content (AvgIpc) is 3.06. The number of aryl methyl sites for hydroxylation is 1. The van der Waals surface area contributed by atoms with Crippen LogP contribution in [0.25, 0.3) is 0 Å². The zero-order valence-corrected chi connectivity index (χ0v) is 12.5. The molecule has 0 unspecified atom stereocenters. The van der Waals surface area contributed by atoms with Crippen LogP contribution in [0.1, 0.15) is 26.7 Å². The van der Waals surface area contributed by atoms with E-state index in [1.807, 2.05) is 6.07 Å². The maximum absolute atomic E-state index is 12.7. The Hall–Kier alpha value is -1.10. The molecule has 19 heavy (non-hydrogen) atoms. The molecule has 0 saturated heterocycles. The van der Waals surface area contributed by atoms with Gasteiger partial charge < -0.3 is 4.57 Å². The minimum atomic E-state index is -3.87. The fourth-order valence-electron chi connectivity index (χ4n) is 1.97. The van der Waals surface area contributed by atoms with Crippen molar-refractivity contribution in [2.24, 2.45) is 7.05 Å². The molecule has 1 aromatic heterocycles. The Morgan fingerprint density at radius 1 is 1.58 bits per heavy atom. The van der Waals surface area contributed by atoms with Crippen LogP contribution in [-0.2, 0) is 17.1 Å². The van der Waals surface area contributed by atoms with Crippen LogP contribution in [0, 0.1) is 11.3 Å². The van der Waals surface area contributed by atoms with Crippen molar-refractivity contribution in [1.82, 2.24) is 13.9 Å². The van der Waals surface area contributed by atoms with Crippen molar-refractivity contribution in [2.45, 2.75) is 43.3 Å². The van der Waals surface area contributed by atoms with E-state index >= 15 is 0 Å². The third-order valence-electron chi connectivity index (χ3n) is 3.04. The van der Waals surface area contributed by atoms with Gasteiger partial charge in [0.2, 0.25) is 5.03 Å². The lowest BCUT2D eigenvalue weighted by Gasteiger charge is -2.31. The van der Waals surface area contributed by atoms with Gasteiger partial charge in [0.05, 0.1) is 12.4 Å². The molecule has 0 bridgehead atoms. The molecule has 1 aromatic rings. The summed E-state index contributed by atoms with van der Waals surface area (Å²) in [6.45, 7) is 3.17. The average molecular weight is 303 g/mol. The van der Waals surface area contributed by atoms with Crippen molar-refractivity contribution < 1.29 is 8.42 Å². The van der Waals surface area contributed by atoms with Gasteiger partial charge in [-0.2, -0.15) is 9.57 Å². The van der Waals surface area contributed by atoms with E-state index in [0.717, 1.165) is 12.8 Å². The van der Waals surface area contributed by atoms with E-state index in [1.54, 1.807) is 20.9 Å². The molecule has 0 atom stereocenters. The Balaban J connectivity index is 2.54. The van der Waals surface area contributed by atoms with Gasteiger partial charge in [-0.15, -0.1) is 0 Å². The summed E-state index contributed by atoms with van der Waals surface area (Å²) >= 11 is 5.97. The van der Waals surface area contributed by atoms with Gasteiger partial charge in [-0.05, 0) is 26.7 Å². The Kier molecular flexibility index (Phi) is 3.37. The minimum Gasteiger partial charge on any atom is -0.324 e. The van der Waals surface area contributed by atoms with Crippen LogP contribution in [-0.4, -0.2) is 33.9 Å². The molecule has 1 fully saturated rings. The summed E-state index contributed by atoms with van der Waals surface area (Å²) in [7, 11) is -2.25. The standard InChI is InChI=1S/C11H15ClN4O2S/c1-11(2,6-13)16(8-4-5-8)19(17,18)10-9(12)15(3)7-14-10/h7-8H,4-5H2,1-3H3. The van der Waals surface area contributed by atoms with Gasteiger partial charge in [0.15, 0.2) is 0 Å². The second-order valence-electron chi connectivity index (χ2n) is 5.15. The van der Waals surface area contributed by atoms with E-state index in [4.69, 9.17) is 11.6 Å². The topological polar surface area (TPSA) is 79.0 Å². The number of sulfonamides is 1. The van der Waals surface area contributed by atoms with Crippen LogP contribution in [0.4, 0.5) is 0 Å². The molecule has 0 aromatic carbocycles. The van der Waals surface area contributed by atoms with E-state index in [9.17, 15) is 13.7 Å². The SMILES string of the molecule is Cn1cnc(S(=O)(=O)N(C2CC2)C(C)(C)C#N)c1Cl. The summed E-state index contributed by atoms with van der Waals surface area (Å²) in [5.74, 6) is 0. The third-order valence-corrected chi connectivity index (χ3v) is 5.66. The van der Waals surface area contributed by atoms with E-state index < -0.39 is 15.6 Å². The molecule has 6 nitrogen and oxygen atoms in total. The molecule has 8 heteroatoms. The Bertz CT molecular complexity index is 640. The lowest BCUT2D eigenvalue weighted by Crippen LogP contribution is -2.48. The summed E-state index contributed by atoms with van der Waals surface area (Å²) in [5.41, 5.74) is -1.12. The van der Waals surface area contributed by atoms with E-state index in [1.165, 1.54) is 15.2 Å². The summed E-state index contributed by atoms with van der Waals surface area (Å²) < 4.78 is 28.0. The summed E-state index contributed by atoms with van der Waals surface area (Å²) in [6.07, 6.45) is 2.86. The molecule has 1 aliphatic carbocycles. The Morgan fingerprint density at radius 2 is 2.16 bits per heavy atom. The van der Waals surface area contributed by atoms with Gasteiger partial charge in [-0.3, -0.25) is 0 Å². The minimum absolute atomic E-state index is 0.0550. The van der Waals surface area contributed by atoms with Crippen LogP contribution in [0.3, 0.4) is 0 Å². The zero-order valence-electron chi connectivity index (χ0n) is 11.0. The highest BCUT2D eigenvalue weighted by atomic mass is 35.5. The number of nitriles is 1. The van der Waals surface area contributed by atoms with Gasteiger partial charge in [0.1, 0.15) is 10.7 Å². The van der Waals surface area contributed by atoms with Gasteiger partial charge >= 0.3 is 0 Å². The lowest BCUT2D eigenvalue weighted by atomic mass is 10.1. The van der Waals surface area contributed by atoms with E-state index in [2.05, 4.69) is 4.98 Å². The number of aromatic nitrogens is 2. The predicted octanol–water partition coefficient (Wildman–Crippen LogP) is 1.53. The predicted molar refractivity (Wildman–Crippen MR) is 70.0 cm³/mol. The fraction of sp³-hybridized carbons (Fsp3) is 0.636. The molecule has 2 rings (SSSR count). The van der Waals surface area contributed by atoms with Crippen molar-refractivity contribution in [1.29, 1.82) is 5.26 Å². The summed E-state index contributed by atoms with van der Waals surface area (Å²) in [5, 5.41) is 9.08. The number of rotatable bonds is 4.